The monoisotopic (exact) mass is 610 g/mol. The van der Waals surface area contributed by atoms with Crippen molar-refractivity contribution in [1.29, 1.82) is 5.26 Å². The molecule has 46 heavy (non-hydrogen) atoms. The summed E-state index contributed by atoms with van der Waals surface area (Å²) >= 11 is 0. The number of carbonyl (C=O) groups is 1. The van der Waals surface area contributed by atoms with Gasteiger partial charge in [-0.3, -0.25) is 4.79 Å². The molecular formula is C36H30N6O4. The van der Waals surface area contributed by atoms with E-state index < -0.39 is 0 Å². The van der Waals surface area contributed by atoms with Crippen LogP contribution in [0.3, 0.4) is 0 Å². The second kappa shape index (κ2) is 13.2. The Hall–Kier alpha value is -6.21. The van der Waals surface area contributed by atoms with E-state index in [0.717, 1.165) is 11.1 Å². The van der Waals surface area contributed by atoms with Gasteiger partial charge in [-0.15, -0.1) is 0 Å². The number of rotatable bonds is 10. The number of nitrogens with zero attached hydrogens (tertiary/aromatic N) is 6. The molecule has 6 rings (SSSR count). The molecule has 0 radical (unpaired) electrons. The molecule has 2 heterocycles. The highest BCUT2D eigenvalue weighted by molar-refractivity contribution is 5.96. The summed E-state index contributed by atoms with van der Waals surface area (Å²) < 4.78 is 20.6. The molecule has 6 aromatic rings. The van der Waals surface area contributed by atoms with Crippen LogP contribution in [0.1, 0.15) is 32.9 Å². The lowest BCUT2D eigenvalue weighted by molar-refractivity contribution is 0.0825. The second-order valence-corrected chi connectivity index (χ2v) is 10.7. The normalized spacial score (nSPS) is 10.7. The van der Waals surface area contributed by atoms with Crippen molar-refractivity contribution < 1.29 is 19.0 Å². The third-order valence-corrected chi connectivity index (χ3v) is 7.16. The maximum Gasteiger partial charge on any atom is 0.327 e. The zero-order valence-electron chi connectivity index (χ0n) is 25.5. The first-order valence-corrected chi connectivity index (χ1v) is 14.6. The van der Waals surface area contributed by atoms with E-state index in [4.69, 9.17) is 24.2 Å². The fourth-order valence-electron chi connectivity index (χ4n) is 4.83. The summed E-state index contributed by atoms with van der Waals surface area (Å²) in [5, 5.41) is 9.63. The lowest BCUT2D eigenvalue weighted by atomic mass is 10.2. The van der Waals surface area contributed by atoms with Crippen molar-refractivity contribution in [3.63, 3.8) is 0 Å². The highest BCUT2D eigenvalue weighted by Gasteiger charge is 2.22. The van der Waals surface area contributed by atoms with Crippen LogP contribution in [0.25, 0.3) is 11.2 Å². The predicted molar refractivity (Wildman–Crippen MR) is 172 cm³/mol. The van der Waals surface area contributed by atoms with Gasteiger partial charge >= 0.3 is 6.01 Å². The van der Waals surface area contributed by atoms with E-state index >= 15 is 0 Å². The van der Waals surface area contributed by atoms with Crippen LogP contribution >= 0.6 is 0 Å². The summed E-state index contributed by atoms with van der Waals surface area (Å²) in [5.41, 5.74) is 3.63. The standard InChI is InChI=1S/C36H30N6O4/c1-24-38-32-33(42(24)22-25-12-6-4-7-13-25)39-36(40-34(32)45-29-17-11-10-16-28(29)35(43)41(2)3)46-31-20-27(21-37)18-19-30(31)44-23-26-14-8-5-9-15-26/h4-20H,22-23H2,1-3H3. The number of para-hydroxylation sites is 1. The highest BCUT2D eigenvalue weighted by Crippen LogP contribution is 2.36. The van der Waals surface area contributed by atoms with Gasteiger partial charge in [0.05, 0.1) is 23.7 Å². The Bertz CT molecular complexity index is 2050. The van der Waals surface area contributed by atoms with Crippen LogP contribution in [0.15, 0.2) is 103 Å². The quantitative estimate of drug-likeness (QED) is 0.164. The summed E-state index contributed by atoms with van der Waals surface area (Å²) in [6.07, 6.45) is 0. The topological polar surface area (TPSA) is 115 Å². The zero-order valence-corrected chi connectivity index (χ0v) is 25.5. The van der Waals surface area contributed by atoms with E-state index in [1.54, 1.807) is 56.6 Å². The number of benzene rings is 4. The number of aryl methyl sites for hydroxylation is 1. The minimum absolute atomic E-state index is 0.0484. The predicted octanol–water partition coefficient (Wildman–Crippen LogP) is 6.92. The maximum atomic E-state index is 13.0. The van der Waals surface area contributed by atoms with Crippen LogP contribution in [0, 0.1) is 18.3 Å². The number of imidazole rings is 1. The highest BCUT2D eigenvalue weighted by atomic mass is 16.5. The Morgan fingerprint density at radius 3 is 2.22 bits per heavy atom. The minimum atomic E-state index is -0.225. The molecule has 0 unspecified atom stereocenters. The molecule has 10 heteroatoms. The molecule has 0 aliphatic heterocycles. The first-order chi connectivity index (χ1) is 22.4. The zero-order chi connectivity index (χ0) is 32.0. The number of ether oxygens (including phenoxy) is 3. The number of hydrogen-bond acceptors (Lipinski definition) is 8. The first kappa shape index (κ1) is 29.8. The number of nitriles is 1. The molecule has 228 valence electrons. The van der Waals surface area contributed by atoms with Crippen molar-refractivity contribution in [2.24, 2.45) is 0 Å². The summed E-state index contributed by atoms with van der Waals surface area (Å²) in [6.45, 7) is 2.66. The minimum Gasteiger partial charge on any atom is -0.485 e. The Morgan fingerprint density at radius 2 is 1.50 bits per heavy atom. The van der Waals surface area contributed by atoms with Gasteiger partial charge in [0.2, 0.25) is 0 Å². The summed E-state index contributed by atoms with van der Waals surface area (Å²) in [7, 11) is 3.35. The van der Waals surface area contributed by atoms with Crippen LogP contribution in [0.4, 0.5) is 0 Å². The molecular weight excluding hydrogens is 580 g/mol. The molecule has 0 saturated carbocycles. The number of hydrogen-bond donors (Lipinski definition) is 0. The summed E-state index contributed by atoms with van der Waals surface area (Å²) in [6, 6.07) is 33.6. The third-order valence-electron chi connectivity index (χ3n) is 7.16. The van der Waals surface area contributed by atoms with Crippen molar-refractivity contribution in [2.45, 2.75) is 20.1 Å². The summed E-state index contributed by atoms with van der Waals surface area (Å²) in [5.74, 6) is 1.54. The van der Waals surface area contributed by atoms with Crippen LogP contribution in [0.5, 0.6) is 29.1 Å². The fourth-order valence-corrected chi connectivity index (χ4v) is 4.83. The van der Waals surface area contributed by atoms with Gasteiger partial charge in [0.25, 0.3) is 11.8 Å². The lowest BCUT2D eigenvalue weighted by Gasteiger charge is -2.15. The average Bonchev–Trinajstić information content (AvgIpc) is 3.39. The van der Waals surface area contributed by atoms with Gasteiger partial charge in [0.1, 0.15) is 18.2 Å². The van der Waals surface area contributed by atoms with Gasteiger partial charge in [-0.2, -0.15) is 15.2 Å². The van der Waals surface area contributed by atoms with Gasteiger partial charge < -0.3 is 23.7 Å². The molecule has 1 amide bonds. The molecule has 2 aromatic heterocycles. The van der Waals surface area contributed by atoms with Crippen molar-refractivity contribution in [3.05, 3.63) is 131 Å². The molecule has 0 saturated heterocycles. The van der Waals surface area contributed by atoms with Crippen LogP contribution in [-0.4, -0.2) is 44.4 Å². The van der Waals surface area contributed by atoms with E-state index in [1.165, 1.54) is 4.90 Å². The molecule has 10 nitrogen and oxygen atoms in total. The Labute approximate surface area is 266 Å². The van der Waals surface area contributed by atoms with Gasteiger partial charge in [-0.1, -0.05) is 72.8 Å². The van der Waals surface area contributed by atoms with E-state index in [2.05, 4.69) is 11.1 Å². The molecule has 0 atom stereocenters. The molecule has 0 bridgehead atoms. The number of aromatic nitrogens is 4. The number of carbonyl (C=O) groups excluding carboxylic acids is 1. The number of amides is 1. The molecule has 0 fully saturated rings. The smallest absolute Gasteiger partial charge is 0.327 e. The SMILES string of the molecule is Cc1nc2c(Oc3ccccc3C(=O)N(C)C)nc(Oc3cc(C#N)ccc3OCc3ccccc3)nc2n1Cc1ccccc1. The van der Waals surface area contributed by atoms with Crippen molar-refractivity contribution in [3.8, 4) is 35.2 Å². The number of fused-ring (bicyclic) bond motifs is 1. The van der Waals surface area contributed by atoms with Crippen molar-refractivity contribution in [1.82, 2.24) is 24.4 Å². The van der Waals surface area contributed by atoms with E-state index in [0.29, 0.717) is 46.2 Å². The van der Waals surface area contributed by atoms with E-state index in [-0.39, 0.29) is 30.2 Å². The fraction of sp³-hybridized carbons (Fsp3) is 0.139. The van der Waals surface area contributed by atoms with Crippen LogP contribution in [-0.2, 0) is 13.2 Å². The van der Waals surface area contributed by atoms with Gasteiger partial charge in [-0.05, 0) is 42.3 Å². The van der Waals surface area contributed by atoms with Crippen LogP contribution in [0.2, 0.25) is 0 Å². The summed E-state index contributed by atoms with van der Waals surface area (Å²) in [4.78, 5) is 28.6. The molecule has 4 aromatic carbocycles. The molecule has 0 N–H and O–H groups in total. The van der Waals surface area contributed by atoms with E-state index in [9.17, 15) is 10.1 Å². The van der Waals surface area contributed by atoms with Gasteiger partial charge in [-0.25, -0.2) is 4.98 Å². The van der Waals surface area contributed by atoms with Gasteiger partial charge in [0.15, 0.2) is 22.7 Å². The average molecular weight is 611 g/mol. The molecule has 0 aliphatic rings. The molecule has 0 spiro atoms. The van der Waals surface area contributed by atoms with Gasteiger partial charge in [0, 0.05) is 20.2 Å². The Morgan fingerprint density at radius 1 is 0.804 bits per heavy atom. The first-order valence-electron chi connectivity index (χ1n) is 14.6. The van der Waals surface area contributed by atoms with Crippen LogP contribution < -0.4 is 14.2 Å². The Kier molecular flexibility index (Phi) is 8.56. The van der Waals surface area contributed by atoms with Crippen molar-refractivity contribution >= 4 is 17.1 Å². The largest absolute Gasteiger partial charge is 0.485 e. The Balaban J connectivity index is 1.44. The van der Waals surface area contributed by atoms with E-state index in [1.807, 2.05) is 72.2 Å². The maximum absolute atomic E-state index is 13.0. The third kappa shape index (κ3) is 6.49. The lowest BCUT2D eigenvalue weighted by Crippen LogP contribution is -2.22. The second-order valence-electron chi connectivity index (χ2n) is 10.7. The molecule has 0 aliphatic carbocycles. The van der Waals surface area contributed by atoms with Crippen molar-refractivity contribution in [2.75, 3.05) is 14.1 Å².